The van der Waals surface area contributed by atoms with Gasteiger partial charge in [-0.3, -0.25) is 24.1 Å². The number of hydroxylamine groups is 1. The number of carbonyl (C=O) groups excluding carboxylic acids is 3. The highest BCUT2D eigenvalue weighted by atomic mass is 16.6. The SMILES string of the molecule is CONC(=O)[C@H](C)N1C(=O)c2ccccc2C1=O. The average Bonchev–Trinajstić information content (AvgIpc) is 2.62. The van der Waals surface area contributed by atoms with Crippen molar-refractivity contribution in [3.63, 3.8) is 0 Å². The number of nitrogens with zero attached hydrogens (tertiary/aromatic N) is 1. The van der Waals surface area contributed by atoms with Gasteiger partial charge < -0.3 is 0 Å². The minimum absolute atomic E-state index is 0.319. The first kappa shape index (κ1) is 12.3. The third kappa shape index (κ3) is 1.76. The van der Waals surface area contributed by atoms with Crippen molar-refractivity contribution < 1.29 is 19.2 Å². The van der Waals surface area contributed by atoms with Gasteiger partial charge in [-0.2, -0.15) is 0 Å². The summed E-state index contributed by atoms with van der Waals surface area (Å²) in [6.07, 6.45) is 0. The zero-order valence-corrected chi connectivity index (χ0v) is 9.97. The molecule has 0 aliphatic carbocycles. The van der Waals surface area contributed by atoms with E-state index in [9.17, 15) is 14.4 Å². The molecule has 6 nitrogen and oxygen atoms in total. The quantitative estimate of drug-likeness (QED) is 0.618. The molecule has 1 aliphatic heterocycles. The molecule has 0 fully saturated rings. The maximum Gasteiger partial charge on any atom is 0.266 e. The van der Waals surface area contributed by atoms with Gasteiger partial charge in [-0.15, -0.1) is 0 Å². The molecule has 1 aliphatic rings. The van der Waals surface area contributed by atoms with Crippen LogP contribution in [0.3, 0.4) is 0 Å². The van der Waals surface area contributed by atoms with Crippen LogP contribution in [0.4, 0.5) is 0 Å². The smallest absolute Gasteiger partial charge is 0.266 e. The van der Waals surface area contributed by atoms with Gasteiger partial charge in [0, 0.05) is 0 Å². The van der Waals surface area contributed by atoms with Crippen molar-refractivity contribution in [3.05, 3.63) is 35.4 Å². The third-order valence-electron chi connectivity index (χ3n) is 2.79. The van der Waals surface area contributed by atoms with E-state index in [1.807, 2.05) is 0 Å². The molecule has 94 valence electrons. The zero-order valence-electron chi connectivity index (χ0n) is 9.97. The summed E-state index contributed by atoms with van der Waals surface area (Å²) >= 11 is 0. The maximum atomic E-state index is 12.0. The molecule has 1 N–H and O–H groups in total. The summed E-state index contributed by atoms with van der Waals surface area (Å²) in [5, 5.41) is 0. The molecule has 0 saturated carbocycles. The molecular formula is C12H12N2O4. The predicted molar refractivity (Wildman–Crippen MR) is 61.6 cm³/mol. The van der Waals surface area contributed by atoms with E-state index < -0.39 is 23.8 Å². The highest BCUT2D eigenvalue weighted by Gasteiger charge is 2.40. The van der Waals surface area contributed by atoms with Gasteiger partial charge in [-0.1, -0.05) is 12.1 Å². The van der Waals surface area contributed by atoms with Crippen LogP contribution in [-0.4, -0.2) is 35.8 Å². The Hall–Kier alpha value is -2.21. The zero-order chi connectivity index (χ0) is 13.3. The Morgan fingerprint density at radius 3 is 2.17 bits per heavy atom. The summed E-state index contributed by atoms with van der Waals surface area (Å²) in [6, 6.07) is 5.56. The Morgan fingerprint density at radius 2 is 1.72 bits per heavy atom. The van der Waals surface area contributed by atoms with Gasteiger partial charge in [-0.05, 0) is 19.1 Å². The number of amides is 3. The Balaban J connectivity index is 2.31. The second-order valence-corrected chi connectivity index (χ2v) is 3.87. The van der Waals surface area contributed by atoms with Crippen LogP contribution in [0.1, 0.15) is 27.6 Å². The Bertz CT molecular complexity index is 492. The van der Waals surface area contributed by atoms with Crippen molar-refractivity contribution in [3.8, 4) is 0 Å². The van der Waals surface area contributed by atoms with Gasteiger partial charge in [0.2, 0.25) is 0 Å². The van der Waals surface area contributed by atoms with E-state index in [1.54, 1.807) is 24.3 Å². The number of imide groups is 1. The van der Waals surface area contributed by atoms with Gasteiger partial charge in [0.05, 0.1) is 18.2 Å². The normalized spacial score (nSPS) is 15.6. The molecule has 0 aromatic heterocycles. The van der Waals surface area contributed by atoms with Crippen LogP contribution < -0.4 is 5.48 Å². The number of hydrogen-bond donors (Lipinski definition) is 1. The molecule has 1 aromatic rings. The number of rotatable bonds is 3. The molecule has 6 heteroatoms. The number of carbonyl (C=O) groups is 3. The van der Waals surface area contributed by atoms with E-state index in [-0.39, 0.29) is 0 Å². The maximum absolute atomic E-state index is 12.0. The van der Waals surface area contributed by atoms with Crippen molar-refractivity contribution in [2.24, 2.45) is 0 Å². The van der Waals surface area contributed by atoms with Gasteiger partial charge in [0.15, 0.2) is 0 Å². The van der Waals surface area contributed by atoms with Gasteiger partial charge in [-0.25, -0.2) is 5.48 Å². The first-order chi connectivity index (χ1) is 8.57. The predicted octanol–water partition coefficient (Wildman–Crippen LogP) is 0.349. The fourth-order valence-electron chi connectivity index (χ4n) is 1.86. The largest absolute Gasteiger partial charge is 0.277 e. The molecular weight excluding hydrogens is 236 g/mol. The van der Waals surface area contributed by atoms with Gasteiger partial charge in [0.25, 0.3) is 17.7 Å². The molecule has 1 atom stereocenters. The number of benzene rings is 1. The van der Waals surface area contributed by atoms with Crippen LogP contribution in [0.2, 0.25) is 0 Å². The number of hydrogen-bond acceptors (Lipinski definition) is 4. The topological polar surface area (TPSA) is 75.7 Å². The molecule has 1 heterocycles. The Kier molecular flexibility index (Phi) is 3.12. The molecule has 1 aromatic carbocycles. The van der Waals surface area contributed by atoms with Crippen molar-refractivity contribution >= 4 is 17.7 Å². The molecule has 0 saturated heterocycles. The number of nitrogens with one attached hydrogen (secondary N) is 1. The van der Waals surface area contributed by atoms with E-state index in [0.717, 1.165) is 4.90 Å². The summed E-state index contributed by atoms with van der Waals surface area (Å²) in [6.45, 7) is 1.47. The minimum atomic E-state index is -0.919. The Labute approximate surface area is 103 Å². The standard InChI is InChI=1S/C12H12N2O4/c1-7(10(15)13-18-2)14-11(16)8-5-3-4-6-9(8)12(14)17/h3-7H,1-2H3,(H,13,15)/t7-/m0/s1. The highest BCUT2D eigenvalue weighted by Crippen LogP contribution is 2.24. The lowest BCUT2D eigenvalue weighted by molar-refractivity contribution is -0.134. The molecule has 0 bridgehead atoms. The van der Waals surface area contributed by atoms with Crippen LogP contribution in [0.5, 0.6) is 0 Å². The van der Waals surface area contributed by atoms with Crippen LogP contribution in [0, 0.1) is 0 Å². The second kappa shape index (κ2) is 4.58. The Morgan fingerprint density at radius 1 is 1.22 bits per heavy atom. The van der Waals surface area contributed by atoms with Crippen molar-refractivity contribution in [1.82, 2.24) is 10.4 Å². The van der Waals surface area contributed by atoms with Gasteiger partial charge >= 0.3 is 0 Å². The molecule has 18 heavy (non-hydrogen) atoms. The summed E-state index contributed by atoms with van der Waals surface area (Å²) < 4.78 is 0. The lowest BCUT2D eigenvalue weighted by Crippen LogP contribution is -2.47. The fraction of sp³-hybridized carbons (Fsp3) is 0.250. The monoisotopic (exact) mass is 248 g/mol. The van der Waals surface area contributed by atoms with E-state index in [0.29, 0.717) is 11.1 Å². The average molecular weight is 248 g/mol. The van der Waals surface area contributed by atoms with Crippen LogP contribution in [0.25, 0.3) is 0 Å². The van der Waals surface area contributed by atoms with Crippen LogP contribution in [0.15, 0.2) is 24.3 Å². The summed E-state index contributed by atoms with van der Waals surface area (Å²) in [4.78, 5) is 41.1. The van der Waals surface area contributed by atoms with Gasteiger partial charge in [0.1, 0.15) is 6.04 Å². The molecule has 3 amide bonds. The van der Waals surface area contributed by atoms with E-state index >= 15 is 0 Å². The molecule has 0 spiro atoms. The van der Waals surface area contributed by atoms with E-state index in [2.05, 4.69) is 10.3 Å². The molecule has 0 unspecified atom stereocenters. The minimum Gasteiger partial charge on any atom is -0.277 e. The third-order valence-corrected chi connectivity index (χ3v) is 2.79. The lowest BCUT2D eigenvalue weighted by Gasteiger charge is -2.20. The first-order valence-electron chi connectivity index (χ1n) is 5.37. The molecule has 0 radical (unpaired) electrons. The fourth-order valence-corrected chi connectivity index (χ4v) is 1.86. The van der Waals surface area contributed by atoms with Crippen molar-refractivity contribution in [2.75, 3.05) is 7.11 Å². The van der Waals surface area contributed by atoms with Crippen LogP contribution >= 0.6 is 0 Å². The lowest BCUT2D eigenvalue weighted by atomic mass is 10.1. The van der Waals surface area contributed by atoms with E-state index in [1.165, 1.54) is 14.0 Å². The van der Waals surface area contributed by atoms with Crippen molar-refractivity contribution in [2.45, 2.75) is 13.0 Å². The van der Waals surface area contributed by atoms with Crippen LogP contribution in [-0.2, 0) is 9.63 Å². The van der Waals surface area contributed by atoms with Crippen molar-refractivity contribution in [1.29, 1.82) is 0 Å². The molecule has 2 rings (SSSR count). The highest BCUT2D eigenvalue weighted by molar-refractivity contribution is 6.22. The first-order valence-corrected chi connectivity index (χ1v) is 5.37. The van der Waals surface area contributed by atoms with E-state index in [4.69, 9.17) is 0 Å². The number of fused-ring (bicyclic) bond motifs is 1. The second-order valence-electron chi connectivity index (χ2n) is 3.87. The summed E-state index contributed by atoms with van der Waals surface area (Å²) in [7, 11) is 1.28. The summed E-state index contributed by atoms with van der Waals surface area (Å²) in [5.74, 6) is -1.48. The summed E-state index contributed by atoms with van der Waals surface area (Å²) in [5.41, 5.74) is 2.74.